The molecule has 0 atom stereocenters. The summed E-state index contributed by atoms with van der Waals surface area (Å²) in [6, 6.07) is 21.0. The fraction of sp³-hybridized carbons (Fsp3) is 0.167. The van der Waals surface area contributed by atoms with E-state index in [4.69, 9.17) is 0 Å². The van der Waals surface area contributed by atoms with Gasteiger partial charge in [-0.05, 0) is 48.4 Å². The van der Waals surface area contributed by atoms with E-state index in [0.717, 1.165) is 46.5 Å². The molecule has 2 aromatic heterocycles. The molecule has 6 nitrogen and oxygen atoms in total. The molecule has 0 bridgehead atoms. The zero-order valence-electron chi connectivity index (χ0n) is 17.2. The molecular formula is C24H23N5OS. The SMILES string of the molecule is CCCn1c(SCc2ccc(C(=O)Nc3ccccc3)cc2)nnc1-c1ccncc1. The summed E-state index contributed by atoms with van der Waals surface area (Å²) < 4.78 is 2.15. The van der Waals surface area contributed by atoms with Crippen LogP contribution in [0.1, 0.15) is 29.3 Å². The minimum absolute atomic E-state index is 0.116. The van der Waals surface area contributed by atoms with Gasteiger partial charge in [-0.1, -0.05) is 49.0 Å². The highest BCUT2D eigenvalue weighted by atomic mass is 32.2. The molecule has 4 rings (SSSR count). The monoisotopic (exact) mass is 429 g/mol. The first kappa shape index (κ1) is 20.8. The van der Waals surface area contributed by atoms with Crippen LogP contribution in [0.3, 0.4) is 0 Å². The number of thioether (sulfide) groups is 1. The molecule has 0 saturated carbocycles. The van der Waals surface area contributed by atoms with Gasteiger partial charge in [0.15, 0.2) is 11.0 Å². The average Bonchev–Trinajstić information content (AvgIpc) is 3.22. The number of hydrogen-bond acceptors (Lipinski definition) is 5. The highest BCUT2D eigenvalue weighted by Gasteiger charge is 2.14. The predicted octanol–water partition coefficient (Wildman–Crippen LogP) is 5.29. The Bertz CT molecular complexity index is 1130. The Kier molecular flexibility index (Phi) is 6.74. The summed E-state index contributed by atoms with van der Waals surface area (Å²) in [6.45, 7) is 3.00. The molecule has 0 aliphatic carbocycles. The Morgan fingerprint density at radius 3 is 2.42 bits per heavy atom. The molecule has 2 heterocycles. The average molecular weight is 430 g/mol. The van der Waals surface area contributed by atoms with Gasteiger partial charge in [0, 0.05) is 41.5 Å². The molecule has 1 amide bonds. The summed E-state index contributed by atoms with van der Waals surface area (Å²) >= 11 is 1.65. The van der Waals surface area contributed by atoms with E-state index < -0.39 is 0 Å². The maximum absolute atomic E-state index is 12.4. The number of carbonyl (C=O) groups is 1. The third kappa shape index (κ3) is 5.19. The van der Waals surface area contributed by atoms with Gasteiger partial charge in [0.05, 0.1) is 0 Å². The summed E-state index contributed by atoms with van der Waals surface area (Å²) in [6.07, 6.45) is 4.53. The van der Waals surface area contributed by atoms with E-state index in [1.807, 2.05) is 66.7 Å². The standard InChI is InChI=1S/C24H23N5OS/c1-2-16-29-22(19-12-14-25-15-13-19)27-28-24(29)31-17-18-8-10-20(11-9-18)23(30)26-21-6-4-3-5-7-21/h3-15H,2,16-17H2,1H3,(H,26,30). The Hall–Kier alpha value is -3.45. The third-order valence-corrected chi connectivity index (χ3v) is 5.76. The number of para-hydroxylation sites is 1. The number of carbonyl (C=O) groups excluding carboxylic acids is 1. The normalized spacial score (nSPS) is 10.7. The lowest BCUT2D eigenvalue weighted by molar-refractivity contribution is 0.102. The minimum Gasteiger partial charge on any atom is -0.322 e. The number of nitrogens with one attached hydrogen (secondary N) is 1. The molecule has 4 aromatic rings. The first-order valence-electron chi connectivity index (χ1n) is 10.2. The van der Waals surface area contributed by atoms with Crippen LogP contribution in [0, 0.1) is 0 Å². The van der Waals surface area contributed by atoms with Gasteiger partial charge in [-0.25, -0.2) is 0 Å². The number of pyridine rings is 1. The van der Waals surface area contributed by atoms with E-state index in [2.05, 4.69) is 32.0 Å². The summed E-state index contributed by atoms with van der Waals surface area (Å²) in [4.78, 5) is 16.5. The second-order valence-corrected chi connectivity index (χ2v) is 7.94. The van der Waals surface area contributed by atoms with Gasteiger partial charge >= 0.3 is 0 Å². The van der Waals surface area contributed by atoms with Crippen molar-refractivity contribution in [2.75, 3.05) is 5.32 Å². The van der Waals surface area contributed by atoms with Crippen molar-refractivity contribution >= 4 is 23.4 Å². The molecule has 2 aromatic carbocycles. The maximum Gasteiger partial charge on any atom is 0.255 e. The first-order chi connectivity index (χ1) is 15.2. The molecule has 0 fully saturated rings. The van der Waals surface area contributed by atoms with E-state index in [1.165, 1.54) is 0 Å². The van der Waals surface area contributed by atoms with Crippen LogP contribution >= 0.6 is 11.8 Å². The number of aromatic nitrogens is 4. The van der Waals surface area contributed by atoms with Crippen molar-refractivity contribution in [3.05, 3.63) is 90.3 Å². The van der Waals surface area contributed by atoms with Gasteiger partial charge in [-0.2, -0.15) is 0 Å². The van der Waals surface area contributed by atoms with Crippen molar-refractivity contribution in [2.45, 2.75) is 30.8 Å². The molecular weight excluding hydrogens is 406 g/mol. The van der Waals surface area contributed by atoms with Gasteiger partial charge < -0.3 is 9.88 Å². The van der Waals surface area contributed by atoms with Gasteiger partial charge in [-0.15, -0.1) is 10.2 Å². The van der Waals surface area contributed by atoms with Crippen LogP contribution in [-0.4, -0.2) is 25.7 Å². The minimum atomic E-state index is -0.116. The summed E-state index contributed by atoms with van der Waals surface area (Å²) in [5, 5.41) is 12.6. The van der Waals surface area contributed by atoms with Gasteiger partial charge in [0.25, 0.3) is 5.91 Å². The summed E-state index contributed by atoms with van der Waals surface area (Å²) in [5.41, 5.74) is 3.55. The highest BCUT2D eigenvalue weighted by Crippen LogP contribution is 2.26. The van der Waals surface area contributed by atoms with Crippen LogP contribution in [0.25, 0.3) is 11.4 Å². The number of rotatable bonds is 8. The second kappa shape index (κ2) is 10.0. The summed E-state index contributed by atoms with van der Waals surface area (Å²) in [7, 11) is 0. The van der Waals surface area contributed by atoms with E-state index >= 15 is 0 Å². The van der Waals surface area contributed by atoms with Crippen molar-refractivity contribution in [1.29, 1.82) is 0 Å². The Morgan fingerprint density at radius 1 is 0.968 bits per heavy atom. The van der Waals surface area contributed by atoms with E-state index in [9.17, 15) is 4.79 Å². The Balaban J connectivity index is 1.42. The molecule has 0 saturated heterocycles. The molecule has 0 aliphatic rings. The van der Waals surface area contributed by atoms with Crippen LogP contribution in [-0.2, 0) is 12.3 Å². The van der Waals surface area contributed by atoms with Crippen molar-refractivity contribution in [3.63, 3.8) is 0 Å². The number of anilines is 1. The topological polar surface area (TPSA) is 72.7 Å². The smallest absolute Gasteiger partial charge is 0.255 e. The number of nitrogens with zero attached hydrogens (tertiary/aromatic N) is 4. The molecule has 31 heavy (non-hydrogen) atoms. The second-order valence-electron chi connectivity index (χ2n) is 7.00. The first-order valence-corrected chi connectivity index (χ1v) is 11.1. The van der Waals surface area contributed by atoms with Crippen molar-refractivity contribution in [2.24, 2.45) is 0 Å². The van der Waals surface area contributed by atoms with E-state index in [0.29, 0.717) is 5.56 Å². The van der Waals surface area contributed by atoms with Gasteiger partial charge in [0.1, 0.15) is 0 Å². The molecule has 1 N–H and O–H groups in total. The van der Waals surface area contributed by atoms with Crippen molar-refractivity contribution < 1.29 is 4.79 Å². The van der Waals surface area contributed by atoms with Crippen LogP contribution in [0.4, 0.5) is 5.69 Å². The highest BCUT2D eigenvalue weighted by molar-refractivity contribution is 7.98. The van der Waals surface area contributed by atoms with E-state index in [1.54, 1.807) is 24.2 Å². The van der Waals surface area contributed by atoms with Crippen LogP contribution < -0.4 is 5.32 Å². The Labute approximate surface area is 185 Å². The fourth-order valence-corrected chi connectivity index (χ4v) is 4.08. The third-order valence-electron chi connectivity index (χ3n) is 4.72. The molecule has 0 spiro atoms. The molecule has 0 aliphatic heterocycles. The lowest BCUT2D eigenvalue weighted by atomic mass is 10.1. The van der Waals surface area contributed by atoms with Crippen molar-refractivity contribution in [1.82, 2.24) is 19.7 Å². The van der Waals surface area contributed by atoms with Crippen molar-refractivity contribution in [3.8, 4) is 11.4 Å². The number of amides is 1. The largest absolute Gasteiger partial charge is 0.322 e. The van der Waals surface area contributed by atoms with Crippen LogP contribution in [0.15, 0.2) is 84.3 Å². The lowest BCUT2D eigenvalue weighted by Gasteiger charge is -2.09. The summed E-state index contributed by atoms with van der Waals surface area (Å²) in [5.74, 6) is 1.49. The molecule has 0 radical (unpaired) electrons. The maximum atomic E-state index is 12.4. The zero-order chi connectivity index (χ0) is 21.5. The predicted molar refractivity (Wildman–Crippen MR) is 124 cm³/mol. The molecule has 156 valence electrons. The van der Waals surface area contributed by atoms with E-state index in [-0.39, 0.29) is 5.91 Å². The number of benzene rings is 2. The van der Waals surface area contributed by atoms with Crippen LogP contribution in [0.5, 0.6) is 0 Å². The zero-order valence-corrected chi connectivity index (χ0v) is 18.0. The fourth-order valence-electron chi connectivity index (χ4n) is 3.16. The van der Waals surface area contributed by atoms with Gasteiger partial charge in [-0.3, -0.25) is 9.78 Å². The molecule has 7 heteroatoms. The molecule has 0 unspecified atom stereocenters. The van der Waals surface area contributed by atoms with Crippen LogP contribution in [0.2, 0.25) is 0 Å². The number of hydrogen-bond donors (Lipinski definition) is 1. The quantitative estimate of drug-likeness (QED) is 0.385. The lowest BCUT2D eigenvalue weighted by Crippen LogP contribution is -2.11. The van der Waals surface area contributed by atoms with Gasteiger partial charge in [0.2, 0.25) is 0 Å². The Morgan fingerprint density at radius 2 is 1.71 bits per heavy atom.